The van der Waals surface area contributed by atoms with Gasteiger partial charge in [0.25, 0.3) is 5.91 Å². The van der Waals surface area contributed by atoms with Crippen LogP contribution in [0.5, 0.6) is 0 Å². The van der Waals surface area contributed by atoms with Crippen molar-refractivity contribution in [1.29, 1.82) is 0 Å². The summed E-state index contributed by atoms with van der Waals surface area (Å²) in [5.41, 5.74) is 6.21. The van der Waals surface area contributed by atoms with E-state index in [1.54, 1.807) is 7.05 Å². The maximum Gasteiger partial charge on any atom is 0.257 e. The van der Waals surface area contributed by atoms with Gasteiger partial charge in [-0.25, -0.2) is 0 Å². The average molecular weight is 284 g/mol. The lowest BCUT2D eigenvalue weighted by atomic mass is 9.99. The van der Waals surface area contributed by atoms with Crippen molar-refractivity contribution in [2.75, 3.05) is 24.6 Å². The summed E-state index contributed by atoms with van der Waals surface area (Å²) >= 11 is 1.25. The standard InChI is InChI=1S/C13H24N4OS/c1-4-6-7-9(5-2)8-16-13-10(12(18)15-3)11(14)17-19-13/h9,16H,4-8H2,1-3H3,(H2,14,17)(H,15,18). The summed E-state index contributed by atoms with van der Waals surface area (Å²) in [6.45, 7) is 5.26. The van der Waals surface area contributed by atoms with Crippen LogP contribution in [0, 0.1) is 5.92 Å². The smallest absolute Gasteiger partial charge is 0.257 e. The number of rotatable bonds is 8. The molecule has 0 aliphatic rings. The van der Waals surface area contributed by atoms with Crippen LogP contribution in [-0.2, 0) is 0 Å². The predicted molar refractivity (Wildman–Crippen MR) is 81.7 cm³/mol. The first kappa shape index (κ1) is 15.8. The molecule has 0 bridgehead atoms. The summed E-state index contributed by atoms with van der Waals surface area (Å²) in [6, 6.07) is 0. The van der Waals surface area contributed by atoms with E-state index in [0.717, 1.165) is 18.0 Å². The quantitative estimate of drug-likeness (QED) is 0.685. The minimum atomic E-state index is -0.185. The Bertz CT molecular complexity index is 405. The maximum atomic E-state index is 11.7. The monoisotopic (exact) mass is 284 g/mol. The van der Waals surface area contributed by atoms with Crippen molar-refractivity contribution in [2.45, 2.75) is 39.5 Å². The number of unbranched alkanes of at least 4 members (excludes halogenated alkanes) is 1. The molecule has 0 spiro atoms. The van der Waals surface area contributed by atoms with E-state index >= 15 is 0 Å². The van der Waals surface area contributed by atoms with E-state index in [0.29, 0.717) is 17.3 Å². The predicted octanol–water partition coefficient (Wildman–Crippen LogP) is 2.71. The van der Waals surface area contributed by atoms with E-state index < -0.39 is 0 Å². The lowest BCUT2D eigenvalue weighted by molar-refractivity contribution is 0.0965. The van der Waals surface area contributed by atoms with Gasteiger partial charge in [-0.1, -0.05) is 33.1 Å². The molecule has 1 aromatic heterocycles. The Kier molecular flexibility index (Phi) is 6.62. The number of nitrogen functional groups attached to an aromatic ring is 1. The lowest BCUT2D eigenvalue weighted by Crippen LogP contribution is -2.21. The number of amides is 1. The first-order valence-corrected chi connectivity index (χ1v) is 7.62. The molecule has 6 heteroatoms. The highest BCUT2D eigenvalue weighted by molar-refractivity contribution is 7.11. The molecule has 0 radical (unpaired) electrons. The second-order valence-corrected chi connectivity index (χ2v) is 5.42. The van der Waals surface area contributed by atoms with Gasteiger partial charge in [-0.3, -0.25) is 4.79 Å². The van der Waals surface area contributed by atoms with Crippen LogP contribution in [-0.4, -0.2) is 23.9 Å². The topological polar surface area (TPSA) is 80.0 Å². The maximum absolute atomic E-state index is 11.7. The molecule has 0 aliphatic carbocycles. The number of aromatic nitrogens is 1. The summed E-state index contributed by atoms with van der Waals surface area (Å²) in [7, 11) is 1.60. The van der Waals surface area contributed by atoms with Crippen LogP contribution in [0.15, 0.2) is 0 Å². The molecule has 1 rings (SSSR count). The molecule has 1 unspecified atom stereocenters. The fourth-order valence-electron chi connectivity index (χ4n) is 1.95. The number of nitrogens with one attached hydrogen (secondary N) is 2. The Balaban J connectivity index is 2.64. The van der Waals surface area contributed by atoms with E-state index in [1.165, 1.54) is 30.8 Å². The van der Waals surface area contributed by atoms with E-state index in [-0.39, 0.29) is 5.91 Å². The molecule has 0 fully saturated rings. The first-order valence-electron chi connectivity index (χ1n) is 6.85. The highest BCUT2D eigenvalue weighted by Crippen LogP contribution is 2.27. The SMILES string of the molecule is CCCCC(CC)CNc1snc(N)c1C(=O)NC. The minimum absolute atomic E-state index is 0.185. The van der Waals surface area contributed by atoms with Gasteiger partial charge < -0.3 is 16.4 Å². The number of anilines is 2. The number of nitrogens with zero attached hydrogens (tertiary/aromatic N) is 1. The zero-order valence-corrected chi connectivity index (χ0v) is 12.8. The highest BCUT2D eigenvalue weighted by Gasteiger charge is 2.18. The number of hydrogen-bond acceptors (Lipinski definition) is 5. The van der Waals surface area contributed by atoms with E-state index in [1.807, 2.05) is 0 Å². The van der Waals surface area contributed by atoms with E-state index in [9.17, 15) is 4.79 Å². The second kappa shape index (κ2) is 7.99. The molecule has 1 heterocycles. The molecule has 0 saturated carbocycles. The zero-order chi connectivity index (χ0) is 14.3. The molecular formula is C13H24N4OS. The van der Waals surface area contributed by atoms with Crippen molar-refractivity contribution in [3.05, 3.63) is 5.56 Å². The molecule has 4 N–H and O–H groups in total. The Morgan fingerprint density at radius 2 is 2.21 bits per heavy atom. The van der Waals surface area contributed by atoms with Crippen molar-refractivity contribution in [3.8, 4) is 0 Å². The third-order valence-corrected chi connectivity index (χ3v) is 4.09. The number of carbonyl (C=O) groups excluding carboxylic acids is 1. The van der Waals surface area contributed by atoms with Gasteiger partial charge in [0.2, 0.25) is 0 Å². The molecule has 5 nitrogen and oxygen atoms in total. The molecule has 0 aromatic carbocycles. The molecule has 19 heavy (non-hydrogen) atoms. The minimum Gasteiger partial charge on any atom is -0.382 e. The largest absolute Gasteiger partial charge is 0.382 e. The van der Waals surface area contributed by atoms with Gasteiger partial charge in [0.15, 0.2) is 5.82 Å². The average Bonchev–Trinajstić information content (AvgIpc) is 2.79. The number of hydrogen-bond donors (Lipinski definition) is 3. The summed E-state index contributed by atoms with van der Waals surface area (Å²) in [4.78, 5) is 11.7. The number of carbonyl (C=O) groups is 1. The third kappa shape index (κ3) is 4.38. The van der Waals surface area contributed by atoms with Crippen molar-refractivity contribution in [3.63, 3.8) is 0 Å². The van der Waals surface area contributed by atoms with Crippen LogP contribution >= 0.6 is 11.5 Å². The Hall–Kier alpha value is -1.30. The lowest BCUT2D eigenvalue weighted by Gasteiger charge is -2.15. The normalized spacial score (nSPS) is 12.2. The van der Waals surface area contributed by atoms with Gasteiger partial charge >= 0.3 is 0 Å². The molecular weight excluding hydrogens is 260 g/mol. The van der Waals surface area contributed by atoms with Gasteiger partial charge in [-0.2, -0.15) is 4.37 Å². The Labute approximate surface area is 119 Å². The van der Waals surface area contributed by atoms with Gasteiger partial charge in [0, 0.05) is 13.6 Å². The summed E-state index contributed by atoms with van der Waals surface area (Å²) in [5.74, 6) is 0.740. The molecule has 108 valence electrons. The summed E-state index contributed by atoms with van der Waals surface area (Å²) in [5, 5.41) is 6.69. The second-order valence-electron chi connectivity index (χ2n) is 4.65. The van der Waals surface area contributed by atoms with E-state index in [2.05, 4.69) is 28.9 Å². The van der Waals surface area contributed by atoms with Crippen molar-refractivity contribution < 1.29 is 4.79 Å². The Morgan fingerprint density at radius 1 is 1.47 bits per heavy atom. The van der Waals surface area contributed by atoms with Crippen molar-refractivity contribution in [2.24, 2.45) is 5.92 Å². The fourth-order valence-corrected chi connectivity index (χ4v) is 2.67. The highest BCUT2D eigenvalue weighted by atomic mass is 32.1. The molecule has 1 aromatic rings. The first-order chi connectivity index (χ1) is 9.13. The summed E-state index contributed by atoms with van der Waals surface area (Å²) < 4.78 is 4.05. The summed E-state index contributed by atoms with van der Waals surface area (Å²) in [6.07, 6.45) is 4.81. The van der Waals surface area contributed by atoms with Crippen molar-refractivity contribution in [1.82, 2.24) is 9.69 Å². The van der Waals surface area contributed by atoms with E-state index in [4.69, 9.17) is 5.73 Å². The van der Waals surface area contributed by atoms with Gasteiger partial charge in [-0.15, -0.1) is 0 Å². The van der Waals surface area contributed by atoms with Crippen LogP contribution < -0.4 is 16.4 Å². The van der Waals surface area contributed by atoms with Crippen LogP contribution in [0.1, 0.15) is 49.9 Å². The van der Waals surface area contributed by atoms with Gasteiger partial charge in [0.1, 0.15) is 10.6 Å². The number of nitrogens with two attached hydrogens (primary N) is 1. The van der Waals surface area contributed by atoms with Crippen LogP contribution in [0.25, 0.3) is 0 Å². The molecule has 0 aliphatic heterocycles. The van der Waals surface area contributed by atoms with Crippen LogP contribution in [0.3, 0.4) is 0 Å². The molecule has 1 amide bonds. The van der Waals surface area contributed by atoms with Crippen LogP contribution in [0.2, 0.25) is 0 Å². The van der Waals surface area contributed by atoms with Gasteiger partial charge in [-0.05, 0) is 23.9 Å². The molecule has 0 saturated heterocycles. The third-order valence-electron chi connectivity index (χ3n) is 3.27. The fraction of sp³-hybridized carbons (Fsp3) is 0.692. The van der Waals surface area contributed by atoms with Gasteiger partial charge in [0.05, 0.1) is 0 Å². The van der Waals surface area contributed by atoms with Crippen LogP contribution in [0.4, 0.5) is 10.8 Å². The van der Waals surface area contributed by atoms with Crippen molar-refractivity contribution >= 4 is 28.3 Å². The molecule has 1 atom stereocenters. The zero-order valence-electron chi connectivity index (χ0n) is 12.0. The Morgan fingerprint density at radius 3 is 2.79 bits per heavy atom.